The third-order valence-corrected chi connectivity index (χ3v) is 3.29. The summed E-state index contributed by atoms with van der Waals surface area (Å²) in [6.45, 7) is 4.45. The molecule has 1 aliphatic heterocycles. The quantitative estimate of drug-likeness (QED) is 0.576. The normalized spacial score (nSPS) is 16.7. The minimum Gasteiger partial charge on any atom is -0.437 e. The highest BCUT2D eigenvalue weighted by molar-refractivity contribution is 6.45. The lowest BCUT2D eigenvalue weighted by Crippen LogP contribution is -2.52. The van der Waals surface area contributed by atoms with E-state index >= 15 is 0 Å². The number of hydrogen-bond acceptors (Lipinski definition) is 4. The van der Waals surface area contributed by atoms with Crippen molar-refractivity contribution < 1.29 is 9.82 Å². The van der Waals surface area contributed by atoms with Crippen molar-refractivity contribution in [3.63, 3.8) is 0 Å². The Labute approximate surface area is 107 Å². The maximum absolute atomic E-state index is 12.2. The van der Waals surface area contributed by atoms with Gasteiger partial charge in [0.05, 0.1) is 0 Å². The Hall–Kier alpha value is -1.53. The van der Waals surface area contributed by atoms with Gasteiger partial charge in [-0.15, -0.1) is 0 Å². The standard InChI is InChI=1S/C12H18BN3O2/c1-13(18)16-8-6-15(7-9-16)12(17)10-2-4-11(14)5-3-10/h2-5,18H,6-9,14H2,1H3. The summed E-state index contributed by atoms with van der Waals surface area (Å²) in [7, 11) is -0.446. The van der Waals surface area contributed by atoms with Gasteiger partial charge >= 0.3 is 7.05 Å². The van der Waals surface area contributed by atoms with Gasteiger partial charge in [0.2, 0.25) is 0 Å². The van der Waals surface area contributed by atoms with Crippen LogP contribution in [0.15, 0.2) is 24.3 Å². The third kappa shape index (κ3) is 2.83. The molecule has 1 aromatic carbocycles. The van der Waals surface area contributed by atoms with Crippen LogP contribution in [0.5, 0.6) is 0 Å². The summed E-state index contributed by atoms with van der Waals surface area (Å²) in [5.41, 5.74) is 6.92. The SMILES string of the molecule is CB(O)N1CCN(C(=O)c2ccc(N)cc2)CC1. The molecule has 0 aromatic heterocycles. The van der Waals surface area contributed by atoms with Gasteiger partial charge in [-0.05, 0) is 31.1 Å². The Kier molecular flexibility index (Phi) is 3.89. The number of carbonyl (C=O) groups excluding carboxylic acids is 1. The largest absolute Gasteiger partial charge is 0.437 e. The first-order chi connectivity index (χ1) is 8.58. The number of benzene rings is 1. The maximum atomic E-state index is 12.2. The number of hydrogen-bond donors (Lipinski definition) is 2. The van der Waals surface area contributed by atoms with Crippen LogP contribution in [0.3, 0.4) is 0 Å². The molecule has 0 saturated carbocycles. The van der Waals surface area contributed by atoms with Gasteiger partial charge in [-0.2, -0.15) is 0 Å². The number of anilines is 1. The molecular weight excluding hydrogens is 229 g/mol. The van der Waals surface area contributed by atoms with E-state index in [2.05, 4.69) is 0 Å². The lowest BCUT2D eigenvalue weighted by molar-refractivity contribution is 0.0688. The number of nitrogens with zero attached hydrogens (tertiary/aromatic N) is 2. The number of rotatable bonds is 2. The number of piperazine rings is 1. The summed E-state index contributed by atoms with van der Waals surface area (Å²) in [5, 5.41) is 9.46. The van der Waals surface area contributed by atoms with Crippen LogP contribution in [0.25, 0.3) is 0 Å². The van der Waals surface area contributed by atoms with Crippen molar-refractivity contribution in [2.45, 2.75) is 6.82 Å². The van der Waals surface area contributed by atoms with Crippen LogP contribution in [0, 0.1) is 0 Å². The van der Waals surface area contributed by atoms with Crippen molar-refractivity contribution >= 4 is 18.6 Å². The van der Waals surface area contributed by atoms with E-state index in [9.17, 15) is 9.82 Å². The molecule has 0 unspecified atom stereocenters. The van der Waals surface area contributed by atoms with Gasteiger partial charge in [-0.25, -0.2) is 0 Å². The van der Waals surface area contributed by atoms with Crippen molar-refractivity contribution in [1.29, 1.82) is 0 Å². The lowest BCUT2D eigenvalue weighted by Gasteiger charge is -2.35. The van der Waals surface area contributed by atoms with Gasteiger partial charge in [0, 0.05) is 37.4 Å². The first-order valence-corrected chi connectivity index (χ1v) is 6.15. The molecule has 0 bridgehead atoms. The van der Waals surface area contributed by atoms with Crippen molar-refractivity contribution in [3.05, 3.63) is 29.8 Å². The predicted octanol–water partition coefficient (Wildman–Crippen LogP) is 0.137. The van der Waals surface area contributed by atoms with E-state index in [0.29, 0.717) is 37.4 Å². The Morgan fingerprint density at radius 2 is 1.78 bits per heavy atom. The van der Waals surface area contributed by atoms with Crippen LogP contribution in [-0.4, -0.2) is 53.9 Å². The van der Waals surface area contributed by atoms with Crippen LogP contribution < -0.4 is 5.73 Å². The van der Waals surface area contributed by atoms with Crippen LogP contribution in [0.1, 0.15) is 10.4 Å². The number of nitrogens with two attached hydrogens (primary N) is 1. The zero-order valence-corrected chi connectivity index (χ0v) is 10.5. The molecule has 0 spiro atoms. The van der Waals surface area contributed by atoms with Crippen LogP contribution >= 0.6 is 0 Å². The predicted molar refractivity (Wildman–Crippen MR) is 72.2 cm³/mol. The molecule has 1 fully saturated rings. The minimum atomic E-state index is -0.446. The molecule has 1 amide bonds. The molecule has 0 aliphatic carbocycles. The van der Waals surface area contributed by atoms with E-state index in [1.165, 1.54) is 0 Å². The second-order valence-electron chi connectivity index (χ2n) is 4.58. The molecule has 18 heavy (non-hydrogen) atoms. The van der Waals surface area contributed by atoms with Crippen LogP contribution in [0.4, 0.5) is 5.69 Å². The molecule has 96 valence electrons. The second kappa shape index (κ2) is 5.41. The first-order valence-electron chi connectivity index (χ1n) is 6.15. The monoisotopic (exact) mass is 247 g/mol. The molecule has 1 aliphatic rings. The van der Waals surface area contributed by atoms with Crippen molar-refractivity contribution in [2.75, 3.05) is 31.9 Å². The van der Waals surface area contributed by atoms with Gasteiger partial charge in [0.15, 0.2) is 0 Å². The smallest absolute Gasteiger partial charge is 0.376 e. The zero-order valence-electron chi connectivity index (χ0n) is 10.5. The van der Waals surface area contributed by atoms with Gasteiger partial charge < -0.3 is 20.5 Å². The molecule has 1 saturated heterocycles. The average Bonchev–Trinajstić information content (AvgIpc) is 2.39. The van der Waals surface area contributed by atoms with Crippen LogP contribution in [-0.2, 0) is 0 Å². The topological polar surface area (TPSA) is 69.8 Å². The van der Waals surface area contributed by atoms with Gasteiger partial charge in [-0.3, -0.25) is 4.79 Å². The molecule has 5 nitrogen and oxygen atoms in total. The third-order valence-electron chi connectivity index (χ3n) is 3.29. The van der Waals surface area contributed by atoms with E-state index in [0.717, 1.165) is 0 Å². The summed E-state index contributed by atoms with van der Waals surface area (Å²) >= 11 is 0. The summed E-state index contributed by atoms with van der Waals surface area (Å²) in [4.78, 5) is 16.0. The fourth-order valence-electron chi connectivity index (χ4n) is 2.11. The Bertz CT molecular complexity index is 414. The molecule has 0 atom stereocenters. The van der Waals surface area contributed by atoms with E-state index < -0.39 is 7.05 Å². The fraction of sp³-hybridized carbons (Fsp3) is 0.417. The van der Waals surface area contributed by atoms with Gasteiger partial charge in [0.25, 0.3) is 5.91 Å². The second-order valence-corrected chi connectivity index (χ2v) is 4.58. The number of amides is 1. The van der Waals surface area contributed by atoms with E-state index in [4.69, 9.17) is 5.73 Å². The summed E-state index contributed by atoms with van der Waals surface area (Å²) in [6, 6.07) is 6.97. The minimum absolute atomic E-state index is 0.0280. The fourth-order valence-corrected chi connectivity index (χ4v) is 2.11. The van der Waals surface area contributed by atoms with Crippen LogP contribution in [0.2, 0.25) is 6.82 Å². The summed E-state index contributed by atoms with van der Waals surface area (Å²) in [5.74, 6) is 0.0280. The Balaban J connectivity index is 1.97. The van der Waals surface area contributed by atoms with Crippen molar-refractivity contribution in [3.8, 4) is 0 Å². The zero-order chi connectivity index (χ0) is 13.1. The molecule has 2 rings (SSSR count). The Morgan fingerprint density at radius 1 is 1.22 bits per heavy atom. The molecule has 1 heterocycles. The van der Waals surface area contributed by atoms with E-state index in [1.54, 1.807) is 31.1 Å². The molecule has 6 heteroatoms. The lowest BCUT2D eigenvalue weighted by atomic mass is 9.84. The Morgan fingerprint density at radius 3 is 2.28 bits per heavy atom. The molecular formula is C12H18BN3O2. The molecule has 0 radical (unpaired) electrons. The highest BCUT2D eigenvalue weighted by atomic mass is 16.2. The van der Waals surface area contributed by atoms with Gasteiger partial charge in [-0.1, -0.05) is 0 Å². The number of carbonyl (C=O) groups is 1. The van der Waals surface area contributed by atoms with Gasteiger partial charge in [0.1, 0.15) is 0 Å². The molecule has 1 aromatic rings. The average molecular weight is 247 g/mol. The van der Waals surface area contributed by atoms with E-state index in [-0.39, 0.29) is 5.91 Å². The van der Waals surface area contributed by atoms with E-state index in [1.807, 2.05) is 9.71 Å². The molecule has 3 N–H and O–H groups in total. The summed E-state index contributed by atoms with van der Waals surface area (Å²) in [6.07, 6.45) is 0. The van der Waals surface area contributed by atoms with Crippen molar-refractivity contribution in [2.24, 2.45) is 0 Å². The van der Waals surface area contributed by atoms with Crippen molar-refractivity contribution in [1.82, 2.24) is 9.71 Å². The highest BCUT2D eigenvalue weighted by Crippen LogP contribution is 2.11. The first kappa shape index (κ1) is 12.9. The number of nitrogen functional groups attached to an aromatic ring is 1. The summed E-state index contributed by atoms with van der Waals surface area (Å²) < 4.78 is 0. The maximum Gasteiger partial charge on any atom is 0.376 e. The highest BCUT2D eigenvalue weighted by Gasteiger charge is 2.25.